The number of non-ortho nitro benzene ring substituents is 1. The molecule has 1 fully saturated rings. The Morgan fingerprint density at radius 2 is 1.75 bits per heavy atom. The van der Waals surface area contributed by atoms with Gasteiger partial charge in [0.25, 0.3) is 5.69 Å². The van der Waals surface area contributed by atoms with E-state index in [9.17, 15) is 35.5 Å². The third-order valence-corrected chi connectivity index (χ3v) is 3.59. The number of hydrogen-bond donors (Lipinski definition) is 5. The van der Waals surface area contributed by atoms with E-state index in [-0.39, 0.29) is 5.69 Å². The van der Waals surface area contributed by atoms with E-state index in [2.05, 4.69) is 10.9 Å². The highest BCUT2D eigenvalue weighted by molar-refractivity contribution is 5.64. The molecule has 12 heteroatoms. The Labute approximate surface area is 134 Å². The van der Waals surface area contributed by atoms with Crippen LogP contribution < -0.4 is 10.9 Å². The molecule has 5 N–H and O–H groups in total. The number of nitrogens with one attached hydrogen (secondary N) is 2. The van der Waals surface area contributed by atoms with Gasteiger partial charge in [-0.3, -0.25) is 20.2 Å². The molecule has 132 valence electrons. The molecule has 1 saturated heterocycles. The fourth-order valence-corrected chi connectivity index (χ4v) is 2.21. The van der Waals surface area contributed by atoms with Crippen LogP contribution in [-0.2, 0) is 4.74 Å². The minimum absolute atomic E-state index is 0.102. The zero-order chi connectivity index (χ0) is 18.0. The fourth-order valence-electron chi connectivity index (χ4n) is 2.21. The van der Waals surface area contributed by atoms with Gasteiger partial charge in [-0.25, -0.2) is 5.43 Å². The molecule has 0 unspecified atom stereocenters. The maximum atomic E-state index is 11.0. The fraction of sp³-hybridized carbons (Fsp3) is 0.500. The van der Waals surface area contributed by atoms with Crippen LogP contribution in [0.3, 0.4) is 0 Å². The molecule has 24 heavy (non-hydrogen) atoms. The van der Waals surface area contributed by atoms with Crippen LogP contribution in [0.1, 0.15) is 6.92 Å². The monoisotopic (exact) mass is 344 g/mol. The Balaban J connectivity index is 2.14. The van der Waals surface area contributed by atoms with E-state index in [1.54, 1.807) is 0 Å². The maximum Gasteiger partial charge on any atom is 0.300 e. The van der Waals surface area contributed by atoms with Gasteiger partial charge in [0.05, 0.1) is 22.0 Å². The van der Waals surface area contributed by atoms with Gasteiger partial charge in [0, 0.05) is 6.07 Å². The number of benzene rings is 1. The van der Waals surface area contributed by atoms with Gasteiger partial charge in [-0.2, -0.15) is 0 Å². The van der Waals surface area contributed by atoms with Gasteiger partial charge in [0.1, 0.15) is 24.0 Å². The normalized spacial score (nSPS) is 29.9. The summed E-state index contributed by atoms with van der Waals surface area (Å²) in [5, 5.41) is 50.8. The van der Waals surface area contributed by atoms with Crippen molar-refractivity contribution < 1.29 is 29.9 Å². The first kappa shape index (κ1) is 18.0. The number of nitro benzene ring substituents is 2. The summed E-state index contributed by atoms with van der Waals surface area (Å²) in [6, 6.07) is 2.97. The van der Waals surface area contributed by atoms with Gasteiger partial charge in [-0.05, 0) is 13.0 Å². The van der Waals surface area contributed by atoms with Crippen molar-refractivity contribution in [3.05, 3.63) is 38.4 Å². The number of ether oxygens (including phenoxy) is 1. The first-order chi connectivity index (χ1) is 11.2. The molecule has 2 rings (SSSR count). The van der Waals surface area contributed by atoms with Gasteiger partial charge in [0.2, 0.25) is 0 Å². The highest BCUT2D eigenvalue weighted by Crippen LogP contribution is 2.29. The smallest absolute Gasteiger partial charge is 0.300 e. The lowest BCUT2D eigenvalue weighted by Gasteiger charge is -2.39. The van der Waals surface area contributed by atoms with E-state index in [0.717, 1.165) is 18.2 Å². The second-order valence-electron chi connectivity index (χ2n) is 5.22. The number of nitro groups is 2. The first-order valence-corrected chi connectivity index (χ1v) is 6.86. The average molecular weight is 344 g/mol. The summed E-state index contributed by atoms with van der Waals surface area (Å²) < 4.78 is 5.25. The molecular weight excluding hydrogens is 328 g/mol. The Morgan fingerprint density at radius 1 is 1.08 bits per heavy atom. The summed E-state index contributed by atoms with van der Waals surface area (Å²) in [5.41, 5.74) is 3.76. The Hall–Kier alpha value is -2.38. The molecule has 5 atom stereocenters. The summed E-state index contributed by atoms with van der Waals surface area (Å²) in [5.74, 6) is 0. The van der Waals surface area contributed by atoms with Crippen molar-refractivity contribution in [2.75, 3.05) is 5.43 Å². The van der Waals surface area contributed by atoms with Gasteiger partial charge in [-0.15, -0.1) is 0 Å². The van der Waals surface area contributed by atoms with E-state index >= 15 is 0 Å². The molecular formula is C12H16N4O8. The van der Waals surface area contributed by atoms with E-state index in [4.69, 9.17) is 4.74 Å². The summed E-state index contributed by atoms with van der Waals surface area (Å²) >= 11 is 0. The number of anilines is 1. The van der Waals surface area contributed by atoms with Crippen LogP contribution in [0.4, 0.5) is 17.1 Å². The molecule has 0 aliphatic carbocycles. The van der Waals surface area contributed by atoms with E-state index in [1.807, 2.05) is 0 Å². The SMILES string of the molecule is C[C@@H]1O[C@H](NNc2ccc([N+](=O)[O-])cc2[N+](=O)[O-])[C@H](O)[C@H](O)[C@H]1O. The van der Waals surface area contributed by atoms with Crippen molar-refractivity contribution in [1.29, 1.82) is 0 Å². The van der Waals surface area contributed by atoms with Crippen LogP contribution in [0, 0.1) is 20.2 Å². The first-order valence-electron chi connectivity index (χ1n) is 6.86. The predicted molar refractivity (Wildman–Crippen MR) is 78.9 cm³/mol. The lowest BCUT2D eigenvalue weighted by molar-refractivity contribution is -0.393. The van der Waals surface area contributed by atoms with Crippen molar-refractivity contribution in [2.45, 2.75) is 37.6 Å². The number of aliphatic hydroxyl groups is 3. The van der Waals surface area contributed by atoms with Crippen molar-refractivity contribution in [3.8, 4) is 0 Å². The molecule has 1 aliphatic rings. The van der Waals surface area contributed by atoms with E-state index in [1.165, 1.54) is 6.92 Å². The van der Waals surface area contributed by atoms with Crippen molar-refractivity contribution >= 4 is 17.1 Å². The molecule has 1 aromatic rings. The van der Waals surface area contributed by atoms with Crippen LogP contribution >= 0.6 is 0 Å². The third kappa shape index (κ3) is 3.58. The topological polar surface area (TPSA) is 180 Å². The second-order valence-corrected chi connectivity index (χ2v) is 5.22. The number of rotatable bonds is 5. The number of hydrazine groups is 1. The number of hydrogen-bond acceptors (Lipinski definition) is 10. The minimum Gasteiger partial charge on any atom is -0.388 e. The largest absolute Gasteiger partial charge is 0.388 e. The number of nitrogens with zero attached hydrogens (tertiary/aromatic N) is 2. The summed E-state index contributed by atoms with van der Waals surface area (Å²) in [7, 11) is 0. The molecule has 0 radical (unpaired) electrons. The average Bonchev–Trinajstić information content (AvgIpc) is 2.54. The summed E-state index contributed by atoms with van der Waals surface area (Å²) in [6.45, 7) is 1.47. The molecule has 1 heterocycles. The third-order valence-electron chi connectivity index (χ3n) is 3.59. The molecule has 0 saturated carbocycles. The summed E-state index contributed by atoms with van der Waals surface area (Å²) in [4.78, 5) is 20.1. The van der Waals surface area contributed by atoms with Crippen molar-refractivity contribution in [3.63, 3.8) is 0 Å². The van der Waals surface area contributed by atoms with Gasteiger partial charge in [-0.1, -0.05) is 0 Å². The lowest BCUT2D eigenvalue weighted by atomic mass is 9.99. The quantitative estimate of drug-likeness (QED) is 0.336. The van der Waals surface area contributed by atoms with Crippen LogP contribution in [0.15, 0.2) is 18.2 Å². The Kier molecular flexibility index (Phi) is 5.26. The molecule has 0 bridgehead atoms. The molecule has 0 spiro atoms. The van der Waals surface area contributed by atoms with Crippen LogP contribution in [0.25, 0.3) is 0 Å². The van der Waals surface area contributed by atoms with Gasteiger partial charge < -0.3 is 25.5 Å². The Morgan fingerprint density at radius 3 is 2.33 bits per heavy atom. The van der Waals surface area contributed by atoms with E-state index in [0.29, 0.717) is 0 Å². The van der Waals surface area contributed by atoms with Crippen molar-refractivity contribution in [2.24, 2.45) is 0 Å². The highest BCUT2D eigenvalue weighted by atomic mass is 16.6. The highest BCUT2D eigenvalue weighted by Gasteiger charge is 2.41. The molecule has 1 aliphatic heterocycles. The van der Waals surface area contributed by atoms with Crippen LogP contribution in [0.2, 0.25) is 0 Å². The van der Waals surface area contributed by atoms with Crippen LogP contribution in [0.5, 0.6) is 0 Å². The number of aliphatic hydroxyl groups excluding tert-OH is 3. The van der Waals surface area contributed by atoms with E-state index < -0.39 is 51.9 Å². The van der Waals surface area contributed by atoms with Crippen molar-refractivity contribution in [1.82, 2.24) is 5.43 Å². The van der Waals surface area contributed by atoms with Gasteiger partial charge in [0.15, 0.2) is 6.23 Å². The lowest BCUT2D eigenvalue weighted by Crippen LogP contribution is -2.61. The molecule has 12 nitrogen and oxygen atoms in total. The van der Waals surface area contributed by atoms with Crippen LogP contribution in [-0.4, -0.2) is 55.8 Å². The molecule has 0 aromatic heterocycles. The molecule has 0 amide bonds. The summed E-state index contributed by atoms with van der Waals surface area (Å²) in [6.07, 6.45) is -6.23. The molecule has 1 aromatic carbocycles. The minimum atomic E-state index is -1.50. The Bertz CT molecular complexity index is 641. The maximum absolute atomic E-state index is 11.0. The standard InChI is InChI=1S/C12H16N4O8/c1-5-9(17)10(18)11(19)12(24-5)14-13-7-3-2-6(15(20)21)4-8(7)16(22)23/h2-5,9-14,17-19H,1H3/t5-,9-,10+,11+,12-/m0/s1. The zero-order valence-corrected chi connectivity index (χ0v) is 12.4. The van der Waals surface area contributed by atoms with Gasteiger partial charge >= 0.3 is 5.69 Å². The second kappa shape index (κ2) is 7.02. The predicted octanol–water partition coefficient (Wildman–Crippen LogP) is -0.753. The zero-order valence-electron chi connectivity index (χ0n) is 12.4.